The second-order valence-corrected chi connectivity index (χ2v) is 30.5. The van der Waals surface area contributed by atoms with Gasteiger partial charge in [0.1, 0.15) is 91.5 Å². The zero-order valence-electron chi connectivity index (χ0n) is 67.6. The highest BCUT2D eigenvalue weighted by Gasteiger charge is 2.60. The Balaban J connectivity index is 0.876. The monoisotopic (exact) mass is 1630 g/mol. The van der Waals surface area contributed by atoms with Gasteiger partial charge in [-0.1, -0.05) is 309 Å². The van der Waals surface area contributed by atoms with Crippen LogP contribution in [0.1, 0.15) is 75.8 Å². The summed E-state index contributed by atoms with van der Waals surface area (Å²) in [5.41, 5.74) is 8.82. The number of amides is 1. The fraction of sp³-hybridized carbons (Fsp3) is 0.364. The molecule has 1 amide bonds. The Kier molecular flexibility index (Phi) is 31.7. The van der Waals surface area contributed by atoms with Gasteiger partial charge in [0.15, 0.2) is 31.5 Å². The van der Waals surface area contributed by atoms with Crippen LogP contribution in [0.2, 0.25) is 0 Å². The molecule has 0 aromatic heterocycles. The van der Waals surface area contributed by atoms with Gasteiger partial charge in [0.05, 0.1) is 92.0 Å². The van der Waals surface area contributed by atoms with Crippen LogP contribution in [0.4, 0.5) is 0 Å². The first-order valence-corrected chi connectivity index (χ1v) is 41.4. The number of hydrogen-bond donors (Lipinski definition) is 1. The van der Waals surface area contributed by atoms with E-state index in [9.17, 15) is 4.79 Å². The molecule has 21 atom stereocenters. The van der Waals surface area contributed by atoms with Gasteiger partial charge in [-0.2, -0.15) is 0 Å². The Morgan fingerprint density at radius 3 is 1.07 bits per heavy atom. The van der Waals surface area contributed by atoms with Crippen molar-refractivity contribution in [2.45, 2.75) is 202 Å². The average molecular weight is 1630 g/mol. The predicted molar refractivity (Wildman–Crippen MR) is 446 cm³/mol. The number of fused-ring (bicyclic) bond motifs is 1. The van der Waals surface area contributed by atoms with Gasteiger partial charge >= 0.3 is 0 Å². The normalized spacial score (nSPS) is 28.0. The first kappa shape index (κ1) is 85.6. The minimum atomic E-state index is -1.53. The van der Waals surface area contributed by atoms with E-state index in [1.165, 1.54) is 6.92 Å². The van der Waals surface area contributed by atoms with Crippen LogP contribution in [0.15, 0.2) is 316 Å². The molecular formula is C99H107NO20. The molecule has 0 bridgehead atoms. The molecule has 0 spiro atoms. The van der Waals surface area contributed by atoms with E-state index in [1.54, 1.807) is 6.08 Å². The zero-order valence-corrected chi connectivity index (χ0v) is 67.6. The molecule has 10 aromatic carbocycles. The number of rotatable bonds is 40. The Hall–Kier alpha value is -9.35. The van der Waals surface area contributed by atoms with Crippen molar-refractivity contribution in [3.05, 3.63) is 372 Å². The van der Waals surface area contributed by atoms with E-state index < -0.39 is 135 Å². The van der Waals surface area contributed by atoms with Crippen LogP contribution in [0.5, 0.6) is 0 Å². The van der Waals surface area contributed by atoms with Crippen molar-refractivity contribution in [3.63, 3.8) is 0 Å². The first-order valence-electron chi connectivity index (χ1n) is 41.4. The molecule has 5 aliphatic heterocycles. The molecule has 1 unspecified atom stereocenters. The Morgan fingerprint density at radius 2 is 0.667 bits per heavy atom. The number of carbonyl (C=O) groups excluding carboxylic acids is 1. The number of ether oxygens (including phenoxy) is 19. The lowest BCUT2D eigenvalue weighted by molar-refractivity contribution is -0.410. The Bertz CT molecular complexity index is 4590. The lowest BCUT2D eigenvalue weighted by Gasteiger charge is -2.54. The fourth-order valence-electron chi connectivity index (χ4n) is 15.8. The third-order valence-electron chi connectivity index (χ3n) is 21.7. The van der Waals surface area contributed by atoms with Crippen LogP contribution in [-0.4, -0.2) is 155 Å². The fourth-order valence-corrected chi connectivity index (χ4v) is 15.8. The molecule has 21 heteroatoms. The highest BCUT2D eigenvalue weighted by Crippen LogP contribution is 2.43. The molecule has 0 saturated carbocycles. The summed E-state index contributed by atoms with van der Waals surface area (Å²) in [5.74, 6) is -0.465. The number of nitrogens with one attached hydrogen (secondary N) is 1. The summed E-state index contributed by atoms with van der Waals surface area (Å²) in [6, 6.07) is 97.4. The maximum absolute atomic E-state index is 14.8. The first-order chi connectivity index (χ1) is 59.2. The smallest absolute Gasteiger partial charge is 0.217 e. The quantitative estimate of drug-likeness (QED) is 0.0355. The van der Waals surface area contributed by atoms with Crippen LogP contribution < -0.4 is 5.32 Å². The number of carbonyl (C=O) groups is 1. The van der Waals surface area contributed by atoms with Gasteiger partial charge in [-0.15, -0.1) is 6.58 Å². The summed E-state index contributed by atoms with van der Waals surface area (Å²) in [4.78, 5) is 14.8. The molecule has 0 aliphatic carbocycles. The van der Waals surface area contributed by atoms with Crippen molar-refractivity contribution in [1.29, 1.82) is 0 Å². The lowest BCUT2D eigenvalue weighted by Crippen LogP contribution is -2.71. The van der Waals surface area contributed by atoms with Gasteiger partial charge in [-0.3, -0.25) is 4.79 Å². The average Bonchev–Trinajstić information content (AvgIpc) is 0.747. The molecule has 5 aliphatic rings. The number of hydrogen-bond acceptors (Lipinski definition) is 20. The summed E-state index contributed by atoms with van der Waals surface area (Å²) in [5, 5.41) is 3.31. The van der Waals surface area contributed by atoms with Crippen molar-refractivity contribution in [1.82, 2.24) is 5.32 Å². The molecule has 1 N–H and O–H groups in total. The summed E-state index contributed by atoms with van der Waals surface area (Å²) >= 11 is 0. The molecule has 5 saturated heterocycles. The highest BCUT2D eigenvalue weighted by atomic mass is 16.8. The predicted octanol–water partition coefficient (Wildman–Crippen LogP) is 15.4. The van der Waals surface area contributed by atoms with E-state index >= 15 is 0 Å². The Labute approximate surface area is 702 Å². The van der Waals surface area contributed by atoms with E-state index in [0.717, 1.165) is 50.1 Å². The van der Waals surface area contributed by atoms with Gasteiger partial charge < -0.3 is 95.3 Å². The molecular weight excluding hydrogens is 1520 g/mol. The van der Waals surface area contributed by atoms with Crippen molar-refractivity contribution < 1.29 is 94.8 Å². The zero-order chi connectivity index (χ0) is 81.9. The molecule has 120 heavy (non-hydrogen) atoms. The van der Waals surface area contributed by atoms with Crippen molar-refractivity contribution >= 4 is 5.91 Å². The van der Waals surface area contributed by atoms with E-state index in [1.807, 2.05) is 310 Å². The maximum atomic E-state index is 14.8. The maximum Gasteiger partial charge on any atom is 0.217 e. The third-order valence-corrected chi connectivity index (χ3v) is 21.7. The molecule has 15 rings (SSSR count). The van der Waals surface area contributed by atoms with Crippen molar-refractivity contribution in [2.24, 2.45) is 0 Å². The van der Waals surface area contributed by atoms with Crippen LogP contribution in [-0.2, 0) is 154 Å². The third kappa shape index (κ3) is 23.7. The van der Waals surface area contributed by atoms with Gasteiger partial charge in [0.25, 0.3) is 0 Å². The van der Waals surface area contributed by atoms with Crippen LogP contribution in [0.3, 0.4) is 0 Å². The van der Waals surface area contributed by atoms with Crippen LogP contribution in [0.25, 0.3) is 0 Å². The Morgan fingerprint density at radius 1 is 0.342 bits per heavy atom. The molecule has 0 radical (unpaired) electrons. The summed E-state index contributed by atoms with van der Waals surface area (Å²) in [6.45, 7) is 8.72. The summed E-state index contributed by atoms with van der Waals surface area (Å²) < 4.78 is 138. The van der Waals surface area contributed by atoms with E-state index in [4.69, 9.17) is 90.0 Å². The van der Waals surface area contributed by atoms with Crippen molar-refractivity contribution in [3.8, 4) is 0 Å². The summed E-state index contributed by atoms with van der Waals surface area (Å²) in [6.07, 6.45) is -20.2. The van der Waals surface area contributed by atoms with Gasteiger partial charge in [-0.05, 0) is 57.0 Å². The second-order valence-electron chi connectivity index (χ2n) is 30.5. The highest BCUT2D eigenvalue weighted by molar-refractivity contribution is 5.73. The molecule has 628 valence electrons. The van der Waals surface area contributed by atoms with E-state index in [2.05, 4.69) is 11.9 Å². The van der Waals surface area contributed by atoms with Gasteiger partial charge in [0, 0.05) is 12.5 Å². The van der Waals surface area contributed by atoms with Gasteiger partial charge in [0.2, 0.25) is 5.91 Å². The molecule has 5 heterocycles. The molecule has 21 nitrogen and oxygen atoms in total. The number of benzene rings is 10. The van der Waals surface area contributed by atoms with E-state index in [0.29, 0.717) is 5.56 Å². The van der Waals surface area contributed by atoms with Crippen LogP contribution >= 0.6 is 0 Å². The van der Waals surface area contributed by atoms with Crippen LogP contribution in [0, 0.1) is 0 Å². The van der Waals surface area contributed by atoms with E-state index in [-0.39, 0.29) is 85.9 Å². The topological polar surface area (TPSA) is 204 Å². The minimum absolute atomic E-state index is 0.0102. The molecule has 10 aromatic rings. The standard InChI is InChI=1S/C99H107NO20/c1-4-55-104-97-93(111-64-78-51-31-13-32-52-78)91(86(107-60-74-43-23-9-24-44-74)81(115-97)66-103-57-71-37-17-6-18-38-71)119-96-83(100-69(3)101)88(87-82(114-96)67-112-95(117-87)79-53-33-14-34-54-79)118-99-94(90(109-62-76-47-27-11-28-48-76)85(106-59-73-41-21-8-22-42-73)80(116-99)65-102-56-70-35-15-5-16-36-70)120-98-92(110-63-77-49-29-12-30-50-77)89(108-61-75-45-25-10-26-46-75)84(68(2)113-98)105-58-72-39-19-7-20-40-72/h4-54,68,80-99H,1,55-67H2,2-3H3,(H,100,101)/t68-,80+,81+,82+,83+,84+,85-,86-,87-,88+,89+,90-,91-,92-,93+,94+,95?,96-,97-,98-,99-/m0/s1. The summed E-state index contributed by atoms with van der Waals surface area (Å²) in [7, 11) is 0. The second kappa shape index (κ2) is 44.4. The molecule has 5 fully saturated rings. The SMILES string of the molecule is C=CCO[C@H]1O[C@H](COCc2ccccc2)[C@H](OCc2ccccc2)[C@H](O[C@@H]2O[C@@H]3COC(c4ccccc4)O[C@@H]3[C@H](O[C@@H]3O[C@H](COCc4ccccc4)[C@H](OCc4ccccc4)[C@H](OCc4ccccc4)[C@H]3O[C@@H]3O[C@@H](C)[C@@H](OCc4ccccc4)[C@@H](OCc4ccccc4)[C@@H]3OCc3ccccc3)[C@H]2NC(C)=O)[C@H]1OCc1ccccc1. The van der Waals surface area contributed by atoms with Gasteiger partial charge in [-0.25, -0.2) is 0 Å². The minimum Gasteiger partial charge on any atom is -0.374 e. The van der Waals surface area contributed by atoms with Crippen molar-refractivity contribution in [2.75, 3.05) is 26.4 Å². The largest absolute Gasteiger partial charge is 0.374 e. The lowest BCUT2D eigenvalue weighted by atomic mass is 9.93.